The quantitative estimate of drug-likeness (QED) is 0.735. The van der Waals surface area contributed by atoms with Crippen molar-refractivity contribution in [1.29, 1.82) is 0 Å². The number of nitrogens with zero attached hydrogens (tertiary/aromatic N) is 1. The predicted octanol–water partition coefficient (Wildman–Crippen LogP) is 4.99. The third-order valence-corrected chi connectivity index (χ3v) is 6.30. The van der Waals surface area contributed by atoms with Gasteiger partial charge in [0.1, 0.15) is 0 Å². The van der Waals surface area contributed by atoms with Crippen LogP contribution in [0.3, 0.4) is 0 Å². The number of likely N-dealkylation sites (tertiary alicyclic amines) is 1. The lowest BCUT2D eigenvalue weighted by atomic mass is 9.78. The number of rotatable bonds is 2. The number of carbonyl (C=O) groups excluding carboxylic acids is 1. The highest BCUT2D eigenvalue weighted by Gasteiger charge is 2.48. The molecule has 1 aliphatic heterocycles. The van der Waals surface area contributed by atoms with E-state index in [2.05, 4.69) is 4.90 Å². The summed E-state index contributed by atoms with van der Waals surface area (Å²) in [5, 5.41) is 0. The minimum Gasteiger partial charge on any atom is -0.339 e. The minimum atomic E-state index is -4.30. The molecule has 2 nitrogen and oxygen atoms in total. The maximum Gasteiger partial charge on any atom is 0.416 e. The average molecular weight is 351 g/mol. The number of fused-ring (bicyclic) bond motifs is 1. The second kappa shape index (κ2) is 6.33. The zero-order valence-corrected chi connectivity index (χ0v) is 14.3. The van der Waals surface area contributed by atoms with Crippen molar-refractivity contribution in [2.24, 2.45) is 11.8 Å². The average Bonchev–Trinajstić information content (AvgIpc) is 3.41. The van der Waals surface area contributed by atoms with Gasteiger partial charge in [0.15, 0.2) is 0 Å². The molecule has 0 N–H and O–H groups in total. The first-order chi connectivity index (χ1) is 11.9. The van der Waals surface area contributed by atoms with Crippen molar-refractivity contribution >= 4 is 5.91 Å². The Morgan fingerprint density at radius 2 is 1.68 bits per heavy atom. The van der Waals surface area contributed by atoms with Crippen LogP contribution in [0, 0.1) is 11.8 Å². The van der Waals surface area contributed by atoms with Gasteiger partial charge in [0.25, 0.3) is 0 Å². The number of amides is 1. The van der Waals surface area contributed by atoms with Gasteiger partial charge in [-0.1, -0.05) is 25.0 Å². The summed E-state index contributed by atoms with van der Waals surface area (Å²) in [4.78, 5) is 15.1. The molecule has 0 radical (unpaired) electrons. The second-order valence-electron chi connectivity index (χ2n) is 7.85. The standard InChI is InChI=1S/C20H24F3NO/c21-20(22,23)15-9-7-13(8-10-15)16-12-17(16)19(25)24-11-3-5-14-4-1-2-6-18(14)24/h7-10,14,16-18H,1-6,11-12H2. The molecule has 0 aromatic heterocycles. The smallest absolute Gasteiger partial charge is 0.339 e. The van der Waals surface area contributed by atoms with Crippen molar-refractivity contribution in [3.8, 4) is 0 Å². The highest BCUT2D eigenvalue weighted by molar-refractivity contribution is 5.83. The van der Waals surface area contributed by atoms with Gasteiger partial charge in [0.05, 0.1) is 5.56 Å². The van der Waals surface area contributed by atoms with Gasteiger partial charge in [0.2, 0.25) is 5.91 Å². The fraction of sp³-hybridized carbons (Fsp3) is 0.650. The summed E-state index contributed by atoms with van der Waals surface area (Å²) in [6.45, 7) is 0.857. The third kappa shape index (κ3) is 3.30. The summed E-state index contributed by atoms with van der Waals surface area (Å²) in [6, 6.07) is 5.75. The topological polar surface area (TPSA) is 20.3 Å². The summed E-state index contributed by atoms with van der Waals surface area (Å²) in [6.07, 6.45) is 3.64. The molecule has 136 valence electrons. The summed E-state index contributed by atoms with van der Waals surface area (Å²) < 4.78 is 38.0. The Labute approximate surface area is 146 Å². The fourth-order valence-electron chi connectivity index (χ4n) is 4.87. The molecule has 0 bridgehead atoms. The number of hydrogen-bond donors (Lipinski definition) is 0. The normalized spacial score (nSPS) is 32.2. The number of halogens is 3. The number of piperidine rings is 1. The van der Waals surface area contributed by atoms with Crippen LogP contribution in [0.25, 0.3) is 0 Å². The van der Waals surface area contributed by atoms with E-state index in [0.29, 0.717) is 12.0 Å². The molecular weight excluding hydrogens is 327 g/mol. The molecule has 1 saturated heterocycles. The Bertz CT molecular complexity index is 637. The predicted molar refractivity (Wildman–Crippen MR) is 89.0 cm³/mol. The van der Waals surface area contributed by atoms with E-state index in [0.717, 1.165) is 43.5 Å². The molecule has 5 heteroatoms. The molecule has 1 aromatic carbocycles. The van der Waals surface area contributed by atoms with E-state index < -0.39 is 11.7 Å². The van der Waals surface area contributed by atoms with Crippen molar-refractivity contribution in [3.63, 3.8) is 0 Å². The Kier molecular flexibility index (Phi) is 4.28. The lowest BCUT2D eigenvalue weighted by molar-refractivity contribution is -0.139. The largest absolute Gasteiger partial charge is 0.416 e. The number of alkyl halides is 3. The van der Waals surface area contributed by atoms with Crippen LogP contribution in [0.15, 0.2) is 24.3 Å². The van der Waals surface area contributed by atoms with Crippen LogP contribution in [-0.2, 0) is 11.0 Å². The van der Waals surface area contributed by atoms with E-state index in [1.165, 1.54) is 25.7 Å². The molecule has 4 unspecified atom stereocenters. The molecule has 4 atom stereocenters. The first-order valence-electron chi connectivity index (χ1n) is 9.43. The lowest BCUT2D eigenvalue weighted by Gasteiger charge is -2.44. The monoisotopic (exact) mass is 351 g/mol. The van der Waals surface area contributed by atoms with Crippen LogP contribution < -0.4 is 0 Å². The summed E-state index contributed by atoms with van der Waals surface area (Å²) >= 11 is 0. The van der Waals surface area contributed by atoms with Crippen LogP contribution in [0.2, 0.25) is 0 Å². The molecule has 3 aliphatic rings. The summed E-state index contributed by atoms with van der Waals surface area (Å²) in [5.74, 6) is 0.965. The van der Waals surface area contributed by atoms with Gasteiger partial charge in [-0.15, -0.1) is 0 Å². The van der Waals surface area contributed by atoms with Crippen molar-refractivity contribution in [2.75, 3.05) is 6.54 Å². The van der Waals surface area contributed by atoms with Crippen molar-refractivity contribution in [2.45, 2.75) is 63.1 Å². The first kappa shape index (κ1) is 16.9. The highest BCUT2D eigenvalue weighted by atomic mass is 19.4. The third-order valence-electron chi connectivity index (χ3n) is 6.30. The van der Waals surface area contributed by atoms with Gasteiger partial charge >= 0.3 is 6.18 Å². The van der Waals surface area contributed by atoms with Crippen molar-refractivity contribution < 1.29 is 18.0 Å². The van der Waals surface area contributed by atoms with Gasteiger partial charge in [-0.3, -0.25) is 4.79 Å². The Hall–Kier alpha value is -1.52. The van der Waals surface area contributed by atoms with Crippen LogP contribution >= 0.6 is 0 Å². The number of benzene rings is 1. The van der Waals surface area contributed by atoms with Crippen molar-refractivity contribution in [3.05, 3.63) is 35.4 Å². The highest BCUT2D eigenvalue weighted by Crippen LogP contribution is 2.50. The van der Waals surface area contributed by atoms with Crippen LogP contribution in [-0.4, -0.2) is 23.4 Å². The van der Waals surface area contributed by atoms with Crippen LogP contribution in [0.5, 0.6) is 0 Å². The maximum atomic E-state index is 13.0. The first-order valence-corrected chi connectivity index (χ1v) is 9.43. The van der Waals surface area contributed by atoms with Crippen molar-refractivity contribution in [1.82, 2.24) is 4.90 Å². The summed E-state index contributed by atoms with van der Waals surface area (Å²) in [5.41, 5.74) is 0.240. The number of carbonyl (C=O) groups is 1. The SMILES string of the molecule is O=C(C1CC1c1ccc(C(F)(F)F)cc1)N1CCCC2CCCCC21. The molecule has 1 heterocycles. The van der Waals surface area contributed by atoms with E-state index in [9.17, 15) is 18.0 Å². The van der Waals surface area contributed by atoms with E-state index in [1.807, 2.05) is 0 Å². The van der Waals surface area contributed by atoms with Crippen LogP contribution in [0.1, 0.15) is 62.0 Å². The zero-order chi connectivity index (χ0) is 17.6. The van der Waals surface area contributed by atoms with E-state index >= 15 is 0 Å². The number of hydrogen-bond acceptors (Lipinski definition) is 1. The van der Waals surface area contributed by atoms with Gasteiger partial charge in [0, 0.05) is 18.5 Å². The molecule has 1 aromatic rings. The molecule has 25 heavy (non-hydrogen) atoms. The van der Waals surface area contributed by atoms with Gasteiger partial charge < -0.3 is 4.90 Å². The Balaban J connectivity index is 1.43. The van der Waals surface area contributed by atoms with Crippen LogP contribution in [0.4, 0.5) is 13.2 Å². The molecule has 4 rings (SSSR count). The van der Waals surface area contributed by atoms with E-state index in [4.69, 9.17) is 0 Å². The minimum absolute atomic E-state index is 0.0302. The Morgan fingerprint density at radius 1 is 1.00 bits per heavy atom. The molecule has 2 aliphatic carbocycles. The molecule has 1 amide bonds. The van der Waals surface area contributed by atoms with Gasteiger partial charge in [-0.25, -0.2) is 0 Å². The van der Waals surface area contributed by atoms with E-state index in [1.54, 1.807) is 12.1 Å². The van der Waals surface area contributed by atoms with Gasteiger partial charge in [-0.2, -0.15) is 13.2 Å². The Morgan fingerprint density at radius 3 is 2.40 bits per heavy atom. The zero-order valence-electron chi connectivity index (χ0n) is 14.3. The fourth-order valence-corrected chi connectivity index (χ4v) is 4.87. The molecule has 2 saturated carbocycles. The molecular formula is C20H24F3NO. The molecule has 0 spiro atoms. The lowest BCUT2D eigenvalue weighted by Crippen LogP contribution is -2.50. The maximum absolute atomic E-state index is 13.0. The summed E-state index contributed by atoms with van der Waals surface area (Å²) in [7, 11) is 0. The van der Waals surface area contributed by atoms with Gasteiger partial charge in [-0.05, 0) is 61.6 Å². The second-order valence-corrected chi connectivity index (χ2v) is 7.85. The van der Waals surface area contributed by atoms with E-state index in [-0.39, 0.29) is 17.7 Å². The molecule has 3 fully saturated rings.